The zero-order valence-corrected chi connectivity index (χ0v) is 11.3. The van der Waals surface area contributed by atoms with Crippen molar-refractivity contribution >= 4 is 45.2 Å². The van der Waals surface area contributed by atoms with Gasteiger partial charge in [-0.15, -0.1) is 0 Å². The van der Waals surface area contributed by atoms with Crippen LogP contribution in [0, 0.1) is 0 Å². The molecule has 17 heavy (non-hydrogen) atoms. The Morgan fingerprint density at radius 2 is 2.12 bits per heavy atom. The summed E-state index contributed by atoms with van der Waals surface area (Å²) >= 11 is 9.09. The van der Waals surface area contributed by atoms with E-state index < -0.39 is 18.0 Å². The molecule has 3 amide bonds. The minimum absolute atomic E-state index is 0.501. The van der Waals surface area contributed by atoms with Crippen LogP contribution in [0.25, 0.3) is 0 Å². The van der Waals surface area contributed by atoms with Gasteiger partial charge in [-0.25, -0.2) is 4.79 Å². The number of urea groups is 1. The van der Waals surface area contributed by atoms with Crippen LogP contribution in [0.4, 0.5) is 10.5 Å². The van der Waals surface area contributed by atoms with E-state index in [1.165, 1.54) is 0 Å². The molecule has 5 nitrogen and oxygen atoms in total. The third-order valence-corrected chi connectivity index (χ3v) is 2.83. The zero-order chi connectivity index (χ0) is 13.0. The summed E-state index contributed by atoms with van der Waals surface area (Å²) in [5.74, 6) is -0.501. The smallest absolute Gasteiger partial charge is 0.318 e. The molecule has 0 spiro atoms. The number of benzene rings is 1. The van der Waals surface area contributed by atoms with Crippen LogP contribution in [-0.2, 0) is 4.79 Å². The number of nitrogens with one attached hydrogen (secondary N) is 2. The van der Waals surface area contributed by atoms with E-state index in [9.17, 15) is 9.59 Å². The number of imide groups is 1. The molecule has 92 valence electrons. The Morgan fingerprint density at radius 1 is 1.47 bits per heavy atom. The Hall–Kier alpha value is -1.27. The summed E-state index contributed by atoms with van der Waals surface area (Å²) in [4.78, 5) is 21.9. The number of carbonyl (C=O) groups is 2. The Morgan fingerprint density at radius 3 is 2.65 bits per heavy atom. The number of primary amides is 1. The van der Waals surface area contributed by atoms with E-state index in [-0.39, 0.29) is 0 Å². The van der Waals surface area contributed by atoms with Crippen molar-refractivity contribution in [3.8, 4) is 0 Å². The lowest BCUT2D eigenvalue weighted by Gasteiger charge is -2.15. The topological polar surface area (TPSA) is 84.2 Å². The Balaban J connectivity index is 2.70. The standard InChI is InChI=1S/C10H11BrClN3O2/c1-5(9(16)15-10(13)17)14-8-3-2-6(12)4-7(8)11/h2-5,14H,1H3,(H3,13,15,16,17). The fourth-order valence-electron chi connectivity index (χ4n) is 1.14. The molecule has 0 aliphatic rings. The van der Waals surface area contributed by atoms with Crippen molar-refractivity contribution < 1.29 is 9.59 Å². The maximum atomic E-state index is 11.4. The molecule has 1 unspecified atom stereocenters. The third kappa shape index (κ3) is 4.24. The zero-order valence-electron chi connectivity index (χ0n) is 8.96. The molecule has 0 aliphatic carbocycles. The highest BCUT2D eigenvalue weighted by Crippen LogP contribution is 2.26. The number of anilines is 1. The quantitative estimate of drug-likeness (QED) is 0.797. The molecule has 0 bridgehead atoms. The molecule has 1 aromatic carbocycles. The number of nitrogens with two attached hydrogens (primary N) is 1. The number of amides is 3. The van der Waals surface area contributed by atoms with E-state index >= 15 is 0 Å². The average molecular weight is 321 g/mol. The summed E-state index contributed by atoms with van der Waals surface area (Å²) in [6.45, 7) is 1.61. The summed E-state index contributed by atoms with van der Waals surface area (Å²) in [6.07, 6.45) is 0. The van der Waals surface area contributed by atoms with E-state index in [1.807, 2.05) is 5.32 Å². The minimum Gasteiger partial charge on any atom is -0.373 e. The van der Waals surface area contributed by atoms with Gasteiger partial charge in [0.2, 0.25) is 5.91 Å². The fraction of sp³-hybridized carbons (Fsp3) is 0.200. The maximum absolute atomic E-state index is 11.4. The molecule has 7 heteroatoms. The average Bonchev–Trinajstić information content (AvgIpc) is 2.21. The van der Waals surface area contributed by atoms with E-state index in [2.05, 4.69) is 21.2 Å². The molecular formula is C10H11BrClN3O2. The van der Waals surface area contributed by atoms with Crippen molar-refractivity contribution in [1.82, 2.24) is 5.32 Å². The molecular weight excluding hydrogens is 309 g/mol. The number of hydrogen-bond donors (Lipinski definition) is 3. The highest BCUT2D eigenvalue weighted by atomic mass is 79.9. The second kappa shape index (κ2) is 5.88. The summed E-state index contributed by atoms with van der Waals surface area (Å²) in [6, 6.07) is 3.63. The molecule has 1 atom stereocenters. The molecule has 4 N–H and O–H groups in total. The van der Waals surface area contributed by atoms with Gasteiger partial charge in [-0.3, -0.25) is 10.1 Å². The summed E-state index contributed by atoms with van der Waals surface area (Å²) in [5, 5.41) is 5.49. The lowest BCUT2D eigenvalue weighted by Crippen LogP contribution is -2.43. The molecule has 0 heterocycles. The lowest BCUT2D eigenvalue weighted by molar-refractivity contribution is -0.120. The Bertz CT molecular complexity index is 453. The second-order valence-corrected chi connectivity index (χ2v) is 4.63. The van der Waals surface area contributed by atoms with E-state index in [4.69, 9.17) is 17.3 Å². The molecule has 0 fully saturated rings. The van der Waals surface area contributed by atoms with Crippen LogP contribution in [-0.4, -0.2) is 18.0 Å². The molecule has 1 aromatic rings. The fourth-order valence-corrected chi connectivity index (χ4v) is 1.93. The number of rotatable bonds is 3. The molecule has 1 rings (SSSR count). The molecule has 0 saturated carbocycles. The molecule has 0 aliphatic heterocycles. The van der Waals surface area contributed by atoms with Gasteiger partial charge in [0.25, 0.3) is 0 Å². The Labute approximate surface area is 112 Å². The first-order valence-electron chi connectivity index (χ1n) is 4.72. The summed E-state index contributed by atoms with van der Waals surface area (Å²) < 4.78 is 0.726. The Kier molecular flexibility index (Phi) is 4.77. The van der Waals surface area contributed by atoms with Gasteiger partial charge in [0.15, 0.2) is 0 Å². The van der Waals surface area contributed by atoms with Gasteiger partial charge in [0, 0.05) is 15.2 Å². The van der Waals surface area contributed by atoms with Gasteiger partial charge >= 0.3 is 6.03 Å². The summed E-state index contributed by atoms with van der Waals surface area (Å²) in [7, 11) is 0. The molecule has 0 saturated heterocycles. The first-order valence-corrected chi connectivity index (χ1v) is 5.89. The van der Waals surface area contributed by atoms with E-state index in [0.29, 0.717) is 10.7 Å². The van der Waals surface area contributed by atoms with Crippen molar-refractivity contribution in [2.45, 2.75) is 13.0 Å². The van der Waals surface area contributed by atoms with Crippen LogP contribution in [0.2, 0.25) is 5.02 Å². The van der Waals surface area contributed by atoms with Crippen LogP contribution in [0.5, 0.6) is 0 Å². The van der Waals surface area contributed by atoms with Crippen LogP contribution < -0.4 is 16.4 Å². The van der Waals surface area contributed by atoms with Gasteiger partial charge in [0.1, 0.15) is 6.04 Å². The largest absolute Gasteiger partial charge is 0.373 e. The number of hydrogen-bond acceptors (Lipinski definition) is 3. The third-order valence-electron chi connectivity index (χ3n) is 1.94. The SMILES string of the molecule is CC(Nc1ccc(Cl)cc1Br)C(=O)NC(N)=O. The van der Waals surface area contributed by atoms with Gasteiger partial charge in [-0.1, -0.05) is 11.6 Å². The molecule has 0 radical (unpaired) electrons. The number of halogens is 2. The van der Waals surface area contributed by atoms with Crippen molar-refractivity contribution in [2.24, 2.45) is 5.73 Å². The van der Waals surface area contributed by atoms with Gasteiger partial charge in [0.05, 0.1) is 0 Å². The van der Waals surface area contributed by atoms with Crippen LogP contribution >= 0.6 is 27.5 Å². The second-order valence-electron chi connectivity index (χ2n) is 3.34. The van der Waals surface area contributed by atoms with Crippen LogP contribution in [0.3, 0.4) is 0 Å². The minimum atomic E-state index is -0.876. The van der Waals surface area contributed by atoms with Gasteiger partial charge in [-0.05, 0) is 41.1 Å². The highest BCUT2D eigenvalue weighted by Gasteiger charge is 2.15. The summed E-state index contributed by atoms with van der Waals surface area (Å²) in [5.41, 5.74) is 5.54. The predicted molar refractivity (Wildman–Crippen MR) is 70.0 cm³/mol. The highest BCUT2D eigenvalue weighted by molar-refractivity contribution is 9.10. The van der Waals surface area contributed by atoms with E-state index in [1.54, 1.807) is 25.1 Å². The van der Waals surface area contributed by atoms with E-state index in [0.717, 1.165) is 4.47 Å². The monoisotopic (exact) mass is 319 g/mol. The van der Waals surface area contributed by atoms with Crippen molar-refractivity contribution in [3.63, 3.8) is 0 Å². The van der Waals surface area contributed by atoms with Crippen LogP contribution in [0.1, 0.15) is 6.92 Å². The number of carbonyl (C=O) groups excluding carboxylic acids is 2. The molecule has 0 aromatic heterocycles. The van der Waals surface area contributed by atoms with Crippen molar-refractivity contribution in [2.75, 3.05) is 5.32 Å². The first-order chi connectivity index (χ1) is 7.90. The predicted octanol–water partition coefficient (Wildman–Crippen LogP) is 2.10. The van der Waals surface area contributed by atoms with Gasteiger partial charge < -0.3 is 11.1 Å². The van der Waals surface area contributed by atoms with Crippen molar-refractivity contribution in [3.05, 3.63) is 27.7 Å². The maximum Gasteiger partial charge on any atom is 0.318 e. The first kappa shape index (κ1) is 13.8. The normalized spacial score (nSPS) is 11.7. The van der Waals surface area contributed by atoms with Crippen molar-refractivity contribution in [1.29, 1.82) is 0 Å². The van der Waals surface area contributed by atoms with Gasteiger partial charge in [-0.2, -0.15) is 0 Å². The van der Waals surface area contributed by atoms with Crippen LogP contribution in [0.15, 0.2) is 22.7 Å². The lowest BCUT2D eigenvalue weighted by atomic mass is 10.2.